The van der Waals surface area contributed by atoms with Crippen LogP contribution in [0.5, 0.6) is 0 Å². The van der Waals surface area contributed by atoms with E-state index in [2.05, 4.69) is 10.6 Å². The van der Waals surface area contributed by atoms with Gasteiger partial charge in [-0.3, -0.25) is 9.59 Å². The fourth-order valence-corrected chi connectivity index (χ4v) is 2.75. The van der Waals surface area contributed by atoms with Crippen LogP contribution in [0.25, 0.3) is 0 Å². The summed E-state index contributed by atoms with van der Waals surface area (Å²) in [6, 6.07) is 9.19. The summed E-state index contributed by atoms with van der Waals surface area (Å²) in [5, 5.41) is 18.7. The van der Waals surface area contributed by atoms with Crippen molar-refractivity contribution in [2.24, 2.45) is 0 Å². The molecule has 2 aromatic rings. The monoisotopic (exact) mass is 332 g/mol. The molecule has 1 atom stereocenters. The number of aliphatic hydroxyl groups excluding tert-OH is 1. The topological polar surface area (TPSA) is 78.4 Å². The number of thiophene rings is 1. The summed E-state index contributed by atoms with van der Waals surface area (Å²) >= 11 is 1.50. The molecule has 1 heterocycles. The molecule has 0 radical (unpaired) electrons. The molecule has 0 spiro atoms. The van der Waals surface area contributed by atoms with Crippen LogP contribution in [0.2, 0.25) is 0 Å². The fourth-order valence-electron chi connectivity index (χ4n) is 2.05. The van der Waals surface area contributed by atoms with Crippen molar-refractivity contribution in [3.05, 3.63) is 52.2 Å². The van der Waals surface area contributed by atoms with E-state index in [0.717, 1.165) is 17.5 Å². The van der Waals surface area contributed by atoms with Crippen molar-refractivity contribution in [3.8, 4) is 0 Å². The van der Waals surface area contributed by atoms with Crippen LogP contribution in [0, 0.1) is 0 Å². The minimum absolute atomic E-state index is 0.234. The number of carbonyl (C=O) groups excluding carboxylic acids is 2. The zero-order valence-electron chi connectivity index (χ0n) is 12.9. The summed E-state index contributed by atoms with van der Waals surface area (Å²) < 4.78 is 0. The maximum Gasteiger partial charge on any atom is 0.313 e. The molecule has 2 amide bonds. The second-order valence-electron chi connectivity index (χ2n) is 5.12. The lowest BCUT2D eigenvalue weighted by atomic mass is 10.1. The van der Waals surface area contributed by atoms with Gasteiger partial charge in [0.2, 0.25) is 0 Å². The van der Waals surface area contributed by atoms with Crippen molar-refractivity contribution < 1.29 is 14.7 Å². The SMILES string of the molecule is CCc1ccc(NC(=O)C(=O)NCCC(O)c2ccsc2)cc1. The molecular formula is C17H20N2O3S. The molecule has 2 rings (SSSR count). The lowest BCUT2D eigenvalue weighted by Crippen LogP contribution is -2.36. The Kier molecular flexibility index (Phi) is 6.31. The number of hydrogen-bond donors (Lipinski definition) is 3. The molecule has 3 N–H and O–H groups in total. The molecule has 0 aliphatic heterocycles. The first-order valence-corrected chi connectivity index (χ1v) is 8.42. The highest BCUT2D eigenvalue weighted by atomic mass is 32.1. The predicted octanol–water partition coefficient (Wildman–Crippen LogP) is 2.49. The van der Waals surface area contributed by atoms with E-state index in [1.54, 1.807) is 12.1 Å². The van der Waals surface area contributed by atoms with Gasteiger partial charge in [-0.2, -0.15) is 11.3 Å². The van der Waals surface area contributed by atoms with Gasteiger partial charge >= 0.3 is 11.8 Å². The molecule has 0 saturated carbocycles. The molecule has 1 aromatic heterocycles. The van der Waals surface area contributed by atoms with Crippen LogP contribution in [0.1, 0.15) is 30.6 Å². The first-order chi connectivity index (χ1) is 11.1. The van der Waals surface area contributed by atoms with Gasteiger partial charge in [0.15, 0.2) is 0 Å². The van der Waals surface area contributed by atoms with E-state index in [9.17, 15) is 14.7 Å². The van der Waals surface area contributed by atoms with Crippen LogP contribution >= 0.6 is 11.3 Å². The van der Waals surface area contributed by atoms with Crippen molar-refractivity contribution in [3.63, 3.8) is 0 Å². The zero-order chi connectivity index (χ0) is 16.7. The van der Waals surface area contributed by atoms with Crippen LogP contribution in [0.4, 0.5) is 5.69 Å². The van der Waals surface area contributed by atoms with Gasteiger partial charge < -0.3 is 15.7 Å². The van der Waals surface area contributed by atoms with Gasteiger partial charge in [-0.15, -0.1) is 0 Å². The predicted molar refractivity (Wildman–Crippen MR) is 91.4 cm³/mol. The second kappa shape index (κ2) is 8.45. The lowest BCUT2D eigenvalue weighted by molar-refractivity contribution is -0.136. The number of anilines is 1. The first-order valence-electron chi connectivity index (χ1n) is 7.48. The van der Waals surface area contributed by atoms with E-state index in [1.165, 1.54) is 11.3 Å². The van der Waals surface area contributed by atoms with Crippen molar-refractivity contribution >= 4 is 28.8 Å². The number of aliphatic hydroxyl groups is 1. The quantitative estimate of drug-likeness (QED) is 0.711. The van der Waals surface area contributed by atoms with Crippen LogP contribution in [0.15, 0.2) is 41.1 Å². The number of hydrogen-bond acceptors (Lipinski definition) is 4. The van der Waals surface area contributed by atoms with Crippen LogP contribution in [-0.2, 0) is 16.0 Å². The van der Waals surface area contributed by atoms with Crippen LogP contribution in [0.3, 0.4) is 0 Å². The summed E-state index contributed by atoms with van der Waals surface area (Å²) in [4.78, 5) is 23.5. The Morgan fingerprint density at radius 2 is 1.91 bits per heavy atom. The standard InChI is InChI=1S/C17H20N2O3S/c1-2-12-3-5-14(6-4-12)19-17(22)16(21)18-9-7-15(20)13-8-10-23-11-13/h3-6,8,10-11,15,20H,2,7,9H2,1H3,(H,18,21)(H,19,22). The van der Waals surface area contributed by atoms with Gasteiger partial charge in [0, 0.05) is 12.2 Å². The first kappa shape index (κ1) is 17.2. The van der Waals surface area contributed by atoms with E-state index >= 15 is 0 Å². The fraction of sp³-hybridized carbons (Fsp3) is 0.294. The van der Waals surface area contributed by atoms with E-state index < -0.39 is 17.9 Å². The Balaban J connectivity index is 1.75. The maximum absolute atomic E-state index is 11.8. The molecule has 1 unspecified atom stereocenters. The van der Waals surface area contributed by atoms with Crippen molar-refractivity contribution in [2.75, 3.05) is 11.9 Å². The van der Waals surface area contributed by atoms with E-state index in [0.29, 0.717) is 12.1 Å². The van der Waals surface area contributed by atoms with Crippen LogP contribution < -0.4 is 10.6 Å². The second-order valence-corrected chi connectivity index (χ2v) is 5.90. The summed E-state index contributed by atoms with van der Waals surface area (Å²) in [5.74, 6) is -1.42. The molecule has 0 bridgehead atoms. The molecule has 0 aliphatic rings. The molecule has 5 nitrogen and oxygen atoms in total. The van der Waals surface area contributed by atoms with E-state index in [1.807, 2.05) is 35.9 Å². The number of benzene rings is 1. The minimum atomic E-state index is -0.709. The van der Waals surface area contributed by atoms with E-state index in [-0.39, 0.29) is 6.54 Å². The third-order valence-electron chi connectivity index (χ3n) is 3.46. The molecule has 0 fully saturated rings. The maximum atomic E-state index is 11.8. The largest absolute Gasteiger partial charge is 0.388 e. The Labute approximate surface area is 139 Å². The molecule has 0 saturated heterocycles. The number of carbonyl (C=O) groups is 2. The molecular weight excluding hydrogens is 312 g/mol. The highest BCUT2D eigenvalue weighted by Gasteiger charge is 2.14. The summed E-state index contributed by atoms with van der Waals surface area (Å²) in [6.45, 7) is 2.28. The smallest absolute Gasteiger partial charge is 0.313 e. The average Bonchev–Trinajstić information content (AvgIpc) is 3.10. The molecule has 23 heavy (non-hydrogen) atoms. The normalized spacial score (nSPS) is 11.7. The number of aryl methyl sites for hydroxylation is 1. The molecule has 0 aliphatic carbocycles. The third kappa shape index (κ3) is 5.19. The lowest BCUT2D eigenvalue weighted by Gasteiger charge is -2.10. The van der Waals surface area contributed by atoms with Gasteiger partial charge in [-0.1, -0.05) is 19.1 Å². The highest BCUT2D eigenvalue weighted by Crippen LogP contribution is 2.18. The summed E-state index contributed by atoms with van der Waals surface area (Å²) in [6.07, 6.45) is 0.647. The Bertz CT molecular complexity index is 638. The number of nitrogens with one attached hydrogen (secondary N) is 2. The number of rotatable bonds is 6. The van der Waals surface area contributed by atoms with Gasteiger partial charge in [0.25, 0.3) is 0 Å². The Morgan fingerprint density at radius 3 is 2.52 bits per heavy atom. The molecule has 6 heteroatoms. The summed E-state index contributed by atoms with van der Waals surface area (Å²) in [7, 11) is 0. The summed E-state index contributed by atoms with van der Waals surface area (Å²) in [5.41, 5.74) is 2.57. The average molecular weight is 332 g/mol. The zero-order valence-corrected chi connectivity index (χ0v) is 13.7. The molecule has 1 aromatic carbocycles. The number of amides is 2. The Morgan fingerprint density at radius 1 is 1.17 bits per heavy atom. The van der Waals surface area contributed by atoms with Gasteiger partial charge in [0.1, 0.15) is 0 Å². The highest BCUT2D eigenvalue weighted by molar-refractivity contribution is 7.07. The molecule has 122 valence electrons. The van der Waals surface area contributed by atoms with Crippen molar-refractivity contribution in [1.82, 2.24) is 5.32 Å². The minimum Gasteiger partial charge on any atom is -0.388 e. The van der Waals surface area contributed by atoms with Gasteiger partial charge in [-0.05, 0) is 52.9 Å². The van der Waals surface area contributed by atoms with E-state index in [4.69, 9.17) is 0 Å². The Hall–Kier alpha value is -2.18. The van der Waals surface area contributed by atoms with Gasteiger partial charge in [0.05, 0.1) is 6.10 Å². The van der Waals surface area contributed by atoms with Crippen molar-refractivity contribution in [2.45, 2.75) is 25.9 Å². The van der Waals surface area contributed by atoms with Crippen molar-refractivity contribution in [1.29, 1.82) is 0 Å². The van der Waals surface area contributed by atoms with Gasteiger partial charge in [-0.25, -0.2) is 0 Å². The van der Waals surface area contributed by atoms with Crippen LogP contribution in [-0.4, -0.2) is 23.5 Å². The third-order valence-corrected chi connectivity index (χ3v) is 4.16.